The van der Waals surface area contributed by atoms with Gasteiger partial charge < -0.3 is 0 Å². The molecule has 0 spiro atoms. The van der Waals surface area contributed by atoms with Crippen LogP contribution in [0.1, 0.15) is 47.5 Å². The lowest BCUT2D eigenvalue weighted by molar-refractivity contribution is -0.121. The lowest BCUT2D eigenvalue weighted by atomic mass is 9.62. The molecular weight excluding hydrogens is 196 g/mol. The largest absolute Gasteiger partial charge is 0.294 e. The Labute approximate surface area is 99.6 Å². The Bertz CT molecular complexity index is 329. The van der Waals surface area contributed by atoms with Gasteiger partial charge in [0, 0.05) is 5.92 Å². The fraction of sp³-hybridized carbons (Fsp3) is 0.667. The zero-order chi connectivity index (χ0) is 12.5. The third kappa shape index (κ3) is 2.63. The van der Waals surface area contributed by atoms with Gasteiger partial charge in [-0.05, 0) is 44.1 Å². The number of ketones is 1. The lowest BCUT2D eigenvalue weighted by Gasteiger charge is -2.41. The van der Waals surface area contributed by atoms with E-state index in [9.17, 15) is 4.79 Å². The van der Waals surface area contributed by atoms with Gasteiger partial charge in [-0.15, -0.1) is 0 Å². The molecule has 0 aromatic heterocycles. The first-order chi connectivity index (χ1) is 7.25. The number of carbonyl (C=O) groups excluding carboxylic acids is 1. The molecule has 0 aliphatic heterocycles. The van der Waals surface area contributed by atoms with E-state index in [4.69, 9.17) is 0 Å². The molecule has 1 saturated carbocycles. The quantitative estimate of drug-likeness (QED) is 0.504. The van der Waals surface area contributed by atoms with Crippen LogP contribution in [0.2, 0.25) is 0 Å². The summed E-state index contributed by atoms with van der Waals surface area (Å²) in [7, 11) is 0. The fourth-order valence-corrected chi connectivity index (χ4v) is 2.64. The molecule has 1 rings (SSSR count). The van der Waals surface area contributed by atoms with Gasteiger partial charge in [0.25, 0.3) is 0 Å². The van der Waals surface area contributed by atoms with Crippen molar-refractivity contribution >= 4 is 5.78 Å². The Balaban J connectivity index is 3.01. The zero-order valence-corrected chi connectivity index (χ0v) is 11.3. The van der Waals surface area contributed by atoms with Crippen molar-refractivity contribution in [2.24, 2.45) is 17.3 Å². The Morgan fingerprint density at radius 2 is 2.00 bits per heavy atom. The number of allylic oxidation sites excluding steroid dienone is 3. The summed E-state index contributed by atoms with van der Waals surface area (Å²) in [5.41, 5.74) is 2.26. The monoisotopic (exact) mass is 220 g/mol. The minimum Gasteiger partial charge on any atom is -0.294 e. The van der Waals surface area contributed by atoms with Crippen LogP contribution >= 0.6 is 0 Å². The summed E-state index contributed by atoms with van der Waals surface area (Å²) in [6, 6.07) is 0. The summed E-state index contributed by atoms with van der Waals surface area (Å²) < 4.78 is 0. The molecule has 16 heavy (non-hydrogen) atoms. The minimum absolute atomic E-state index is 0.00569. The molecule has 1 aliphatic rings. The van der Waals surface area contributed by atoms with Crippen molar-refractivity contribution < 1.29 is 4.79 Å². The number of rotatable bonds is 2. The molecular formula is C15H24O. The lowest BCUT2D eigenvalue weighted by Crippen LogP contribution is -2.37. The molecule has 1 heteroatoms. The van der Waals surface area contributed by atoms with E-state index in [0.29, 0.717) is 5.92 Å². The third-order valence-electron chi connectivity index (χ3n) is 3.72. The number of hydrogen-bond acceptors (Lipinski definition) is 1. The summed E-state index contributed by atoms with van der Waals surface area (Å²) in [4.78, 5) is 12.2. The van der Waals surface area contributed by atoms with E-state index in [1.807, 2.05) is 13.8 Å². The van der Waals surface area contributed by atoms with E-state index >= 15 is 0 Å². The molecule has 0 N–H and O–H groups in total. The average molecular weight is 220 g/mol. The minimum atomic E-state index is 0.00569. The molecule has 0 unspecified atom stereocenters. The van der Waals surface area contributed by atoms with Gasteiger partial charge in [-0.3, -0.25) is 4.79 Å². The molecule has 0 amide bonds. The van der Waals surface area contributed by atoms with Gasteiger partial charge in [0.2, 0.25) is 0 Å². The predicted octanol–water partition coefficient (Wildman–Crippen LogP) is 4.15. The van der Waals surface area contributed by atoms with Crippen LogP contribution in [-0.4, -0.2) is 5.78 Å². The summed E-state index contributed by atoms with van der Waals surface area (Å²) in [6.07, 6.45) is 4.04. The summed E-state index contributed by atoms with van der Waals surface area (Å²) in [6.45, 7) is 14.6. The summed E-state index contributed by atoms with van der Waals surface area (Å²) in [5.74, 6) is 0.722. The highest BCUT2D eigenvalue weighted by atomic mass is 16.1. The first kappa shape index (κ1) is 13.2. The highest BCUT2D eigenvalue weighted by molar-refractivity contribution is 5.95. The van der Waals surface area contributed by atoms with Crippen LogP contribution < -0.4 is 0 Å². The van der Waals surface area contributed by atoms with Gasteiger partial charge >= 0.3 is 0 Å². The molecule has 0 radical (unpaired) electrons. The van der Waals surface area contributed by atoms with Crippen molar-refractivity contribution in [3.63, 3.8) is 0 Å². The van der Waals surface area contributed by atoms with Crippen molar-refractivity contribution in [3.05, 3.63) is 23.8 Å². The first-order valence-corrected chi connectivity index (χ1v) is 6.13. The highest BCUT2D eigenvalue weighted by Gasteiger charge is 2.40. The average Bonchev–Trinajstić information content (AvgIpc) is 2.10. The maximum Gasteiger partial charge on any atom is 0.163 e. The van der Waals surface area contributed by atoms with Gasteiger partial charge in [-0.2, -0.15) is 0 Å². The van der Waals surface area contributed by atoms with E-state index in [0.717, 1.165) is 24.0 Å². The molecule has 0 aromatic carbocycles. The normalized spacial score (nSPS) is 28.7. The van der Waals surface area contributed by atoms with E-state index in [2.05, 4.69) is 27.4 Å². The van der Waals surface area contributed by atoms with Gasteiger partial charge in [-0.25, -0.2) is 0 Å². The highest BCUT2D eigenvalue weighted by Crippen LogP contribution is 2.46. The van der Waals surface area contributed by atoms with Crippen molar-refractivity contribution in [2.75, 3.05) is 0 Å². The van der Waals surface area contributed by atoms with Crippen LogP contribution in [-0.2, 0) is 4.79 Å². The molecule has 1 fully saturated rings. The molecule has 2 atom stereocenters. The Morgan fingerprint density at radius 1 is 1.44 bits per heavy atom. The molecule has 1 nitrogen and oxygen atoms in total. The van der Waals surface area contributed by atoms with Crippen LogP contribution in [0.4, 0.5) is 0 Å². The number of carbonyl (C=O) groups is 1. The standard InChI is InChI=1S/C15H24O/c1-10(2)9-13(16)14-12(4)11(3)7-8-15(14,5)6/h9,11,14H,4,7-8H2,1-3,5-6H3/t11-,14-/m1/s1. The maximum atomic E-state index is 12.2. The third-order valence-corrected chi connectivity index (χ3v) is 3.72. The number of hydrogen-bond donors (Lipinski definition) is 0. The molecule has 0 heterocycles. The second kappa shape index (κ2) is 4.57. The van der Waals surface area contributed by atoms with Crippen molar-refractivity contribution in [1.82, 2.24) is 0 Å². The molecule has 1 aliphatic carbocycles. The fourth-order valence-electron chi connectivity index (χ4n) is 2.64. The van der Waals surface area contributed by atoms with Gasteiger partial charge in [-0.1, -0.05) is 38.5 Å². The SMILES string of the molecule is C=C1[C@H](C(=O)C=C(C)C)C(C)(C)CC[C@H]1C. The smallest absolute Gasteiger partial charge is 0.163 e. The molecule has 0 aromatic rings. The van der Waals surface area contributed by atoms with Crippen LogP contribution in [0, 0.1) is 17.3 Å². The van der Waals surface area contributed by atoms with E-state index < -0.39 is 0 Å². The van der Waals surface area contributed by atoms with E-state index in [-0.39, 0.29) is 17.1 Å². The zero-order valence-electron chi connectivity index (χ0n) is 11.3. The predicted molar refractivity (Wildman–Crippen MR) is 69.2 cm³/mol. The van der Waals surface area contributed by atoms with Gasteiger partial charge in [0.15, 0.2) is 5.78 Å². The van der Waals surface area contributed by atoms with Crippen molar-refractivity contribution in [1.29, 1.82) is 0 Å². The maximum absolute atomic E-state index is 12.2. The van der Waals surface area contributed by atoms with Gasteiger partial charge in [0.05, 0.1) is 0 Å². The van der Waals surface area contributed by atoms with Crippen molar-refractivity contribution in [2.45, 2.75) is 47.5 Å². The van der Waals surface area contributed by atoms with E-state index in [1.54, 1.807) is 6.08 Å². The molecule has 90 valence electrons. The molecule has 0 bridgehead atoms. The Morgan fingerprint density at radius 3 is 2.50 bits per heavy atom. The Hall–Kier alpha value is -0.850. The topological polar surface area (TPSA) is 17.1 Å². The second-order valence-corrected chi connectivity index (χ2v) is 6.06. The second-order valence-electron chi connectivity index (χ2n) is 6.06. The summed E-state index contributed by atoms with van der Waals surface area (Å²) >= 11 is 0. The summed E-state index contributed by atoms with van der Waals surface area (Å²) in [5, 5.41) is 0. The van der Waals surface area contributed by atoms with Crippen LogP contribution in [0.25, 0.3) is 0 Å². The van der Waals surface area contributed by atoms with Crippen LogP contribution in [0.5, 0.6) is 0 Å². The van der Waals surface area contributed by atoms with Gasteiger partial charge in [0.1, 0.15) is 0 Å². The first-order valence-electron chi connectivity index (χ1n) is 6.13. The van der Waals surface area contributed by atoms with Crippen LogP contribution in [0.15, 0.2) is 23.8 Å². The Kier molecular flexibility index (Phi) is 3.77. The molecule has 0 saturated heterocycles. The van der Waals surface area contributed by atoms with Crippen LogP contribution in [0.3, 0.4) is 0 Å². The van der Waals surface area contributed by atoms with Crippen molar-refractivity contribution in [3.8, 4) is 0 Å². The van der Waals surface area contributed by atoms with E-state index in [1.165, 1.54) is 0 Å².